The van der Waals surface area contributed by atoms with E-state index >= 15 is 0 Å². The molecule has 0 aromatic rings. The highest BCUT2D eigenvalue weighted by atomic mass is 16.7. The number of allylic oxidation sites excluding steroid dienone is 10. The van der Waals surface area contributed by atoms with E-state index in [0.29, 0.717) is 23.9 Å². The first kappa shape index (κ1) is 80.0. The number of carbonyl (C=O) groups is 3. The quantitative estimate of drug-likeness (QED) is 0.0211. The van der Waals surface area contributed by atoms with Crippen molar-refractivity contribution in [2.45, 2.75) is 347 Å². The number of rotatable bonds is 66. The molecule has 2 atom stereocenters. The van der Waals surface area contributed by atoms with Crippen molar-refractivity contribution in [1.82, 2.24) is 0 Å². The van der Waals surface area contributed by atoms with Crippen molar-refractivity contribution in [3.05, 3.63) is 60.8 Å². The fourth-order valence-electron chi connectivity index (χ4n) is 10.4. The fourth-order valence-corrected chi connectivity index (χ4v) is 10.4. The van der Waals surface area contributed by atoms with Crippen LogP contribution in [0.1, 0.15) is 335 Å². The van der Waals surface area contributed by atoms with Gasteiger partial charge in [0.05, 0.1) is 34.4 Å². The third kappa shape index (κ3) is 66.4. The highest BCUT2D eigenvalue weighted by molar-refractivity contribution is 5.71. The van der Waals surface area contributed by atoms with E-state index in [1.54, 1.807) is 0 Å². The van der Waals surface area contributed by atoms with E-state index in [9.17, 15) is 19.5 Å². The number of nitrogens with zero attached hydrogens (tertiary/aromatic N) is 1. The zero-order valence-electron chi connectivity index (χ0n) is 55.4. The number of carbonyl (C=O) groups excluding carboxylic acids is 2. The van der Waals surface area contributed by atoms with Gasteiger partial charge in [0.1, 0.15) is 13.2 Å². The van der Waals surface area contributed by atoms with E-state index in [-0.39, 0.29) is 32.2 Å². The van der Waals surface area contributed by atoms with Crippen LogP contribution >= 0.6 is 0 Å². The van der Waals surface area contributed by atoms with Gasteiger partial charge in [0.2, 0.25) is 0 Å². The first-order valence-corrected chi connectivity index (χ1v) is 35.5. The topological polar surface area (TPSA) is 108 Å². The number of esters is 2. The molecule has 1 N–H and O–H groups in total. The lowest BCUT2D eigenvalue weighted by molar-refractivity contribution is -0.870. The molecule has 0 aromatic carbocycles. The summed E-state index contributed by atoms with van der Waals surface area (Å²) < 4.78 is 22.9. The van der Waals surface area contributed by atoms with Crippen molar-refractivity contribution >= 4 is 17.9 Å². The summed E-state index contributed by atoms with van der Waals surface area (Å²) in [7, 11) is 5.97. The number of quaternary nitrogens is 1. The average molecular weight is 1170 g/mol. The van der Waals surface area contributed by atoms with Gasteiger partial charge >= 0.3 is 17.9 Å². The molecular weight excluding hydrogens is 1030 g/mol. The van der Waals surface area contributed by atoms with Crippen LogP contribution in [0.5, 0.6) is 0 Å². The Labute approximate surface area is 514 Å². The molecule has 0 heterocycles. The molecule has 0 rings (SSSR count). The van der Waals surface area contributed by atoms with Gasteiger partial charge in [0.25, 0.3) is 6.29 Å². The van der Waals surface area contributed by atoms with E-state index in [1.165, 1.54) is 218 Å². The zero-order chi connectivity index (χ0) is 60.5. The van der Waals surface area contributed by atoms with Gasteiger partial charge in [0.15, 0.2) is 6.10 Å². The van der Waals surface area contributed by atoms with Crippen molar-refractivity contribution in [2.24, 2.45) is 0 Å². The lowest BCUT2D eigenvalue weighted by Gasteiger charge is -2.25. The second kappa shape index (κ2) is 65.0. The molecule has 0 aliphatic rings. The Kier molecular flexibility index (Phi) is 62.6. The Hall–Kier alpha value is -3.01. The van der Waals surface area contributed by atoms with Gasteiger partial charge in [-0.15, -0.1) is 0 Å². The summed E-state index contributed by atoms with van der Waals surface area (Å²) in [5, 5.41) is 9.73. The predicted octanol–water partition coefficient (Wildman–Crippen LogP) is 21.9. The summed E-state index contributed by atoms with van der Waals surface area (Å²) in [5.41, 5.74) is 0. The Morgan fingerprint density at radius 1 is 0.373 bits per heavy atom. The molecule has 0 saturated carbocycles. The molecule has 484 valence electrons. The smallest absolute Gasteiger partial charge is 0.361 e. The van der Waals surface area contributed by atoms with Crippen LogP contribution in [-0.2, 0) is 33.3 Å². The molecule has 2 unspecified atom stereocenters. The summed E-state index contributed by atoms with van der Waals surface area (Å²) >= 11 is 0. The van der Waals surface area contributed by atoms with Gasteiger partial charge in [0, 0.05) is 12.8 Å². The van der Waals surface area contributed by atoms with E-state index < -0.39 is 24.3 Å². The molecule has 9 heteroatoms. The molecule has 0 spiro atoms. The second-order valence-electron chi connectivity index (χ2n) is 25.2. The molecule has 0 saturated heterocycles. The monoisotopic (exact) mass is 1170 g/mol. The molecule has 0 aliphatic heterocycles. The molecule has 83 heavy (non-hydrogen) atoms. The summed E-state index contributed by atoms with van der Waals surface area (Å²) in [6.45, 7) is 4.78. The van der Waals surface area contributed by atoms with Gasteiger partial charge in [-0.3, -0.25) is 9.59 Å². The fraction of sp³-hybridized carbons (Fsp3) is 0.824. The van der Waals surface area contributed by atoms with Crippen LogP contribution in [0.15, 0.2) is 60.8 Å². The number of likely N-dealkylation sites (N-methyl/N-ethyl adjacent to an activating group) is 1. The van der Waals surface area contributed by atoms with Crippen molar-refractivity contribution in [2.75, 3.05) is 47.5 Å². The minimum Gasteiger partial charge on any atom is -0.477 e. The number of aliphatic carboxylic acids is 1. The Morgan fingerprint density at radius 2 is 0.687 bits per heavy atom. The number of unbranched alkanes of at least 4 members (excludes halogenated alkanes) is 41. The third-order valence-electron chi connectivity index (χ3n) is 15.8. The molecular formula is C74H136NO8+. The number of carboxylic acid groups (broad SMARTS) is 1. The normalized spacial score (nSPS) is 13.0. The van der Waals surface area contributed by atoms with Gasteiger partial charge in [-0.05, 0) is 57.8 Å². The van der Waals surface area contributed by atoms with Crippen molar-refractivity contribution < 1.29 is 42.9 Å². The average Bonchev–Trinajstić information content (AvgIpc) is 3.46. The van der Waals surface area contributed by atoms with Crippen LogP contribution in [0.25, 0.3) is 0 Å². The van der Waals surface area contributed by atoms with Crippen LogP contribution < -0.4 is 0 Å². The van der Waals surface area contributed by atoms with Gasteiger partial charge in [-0.2, -0.15) is 0 Å². The first-order valence-electron chi connectivity index (χ1n) is 35.5. The molecule has 0 aliphatic carbocycles. The van der Waals surface area contributed by atoms with Gasteiger partial charge in [-0.25, -0.2) is 4.79 Å². The minimum absolute atomic E-state index is 0.183. The molecule has 0 bridgehead atoms. The summed E-state index contributed by atoms with van der Waals surface area (Å²) in [4.78, 5) is 37.6. The van der Waals surface area contributed by atoms with Crippen LogP contribution in [0, 0.1) is 0 Å². The molecule has 0 radical (unpaired) electrons. The van der Waals surface area contributed by atoms with E-state index in [2.05, 4.69) is 74.6 Å². The maximum atomic E-state index is 12.9. The zero-order valence-corrected chi connectivity index (χ0v) is 55.4. The highest BCUT2D eigenvalue weighted by Crippen LogP contribution is 2.19. The summed E-state index contributed by atoms with van der Waals surface area (Å²) in [5.74, 6) is -2.02. The lowest BCUT2D eigenvalue weighted by atomic mass is 10.0. The first-order chi connectivity index (χ1) is 40.6. The molecule has 9 nitrogen and oxygen atoms in total. The van der Waals surface area contributed by atoms with Crippen molar-refractivity contribution in [3.8, 4) is 0 Å². The van der Waals surface area contributed by atoms with Crippen LogP contribution in [-0.4, -0.2) is 87.4 Å². The standard InChI is InChI=1S/C74H135NO8/c1-6-8-10-12-14-16-18-20-22-24-26-28-29-30-31-32-33-34-35-36-37-38-39-40-41-42-43-45-46-48-50-52-54-56-58-60-62-64-71(76)81-68-70(69-82-74(73(78)79)80-67-66-75(3,4)5)83-72(77)65-63-61-59-57-55-53-51-49-47-44-27-25-23-21-19-17-15-13-11-9-7-2/h9,11,15,17,21,23,27,44,49,51,70,74H,6-8,10,12-14,16,18-20,22,24-26,28-43,45-48,50,52-69H2,1-5H3/p+1/b11-9-,17-15-,23-21-,44-27-,51-49-. The van der Waals surface area contributed by atoms with Gasteiger partial charge < -0.3 is 28.5 Å². The van der Waals surface area contributed by atoms with Crippen LogP contribution in [0.4, 0.5) is 0 Å². The number of hydrogen-bond acceptors (Lipinski definition) is 7. The Bertz CT molecular complexity index is 1550. The lowest BCUT2D eigenvalue weighted by Crippen LogP contribution is -2.40. The number of carboxylic acids is 1. The molecule has 0 aromatic heterocycles. The van der Waals surface area contributed by atoms with Crippen LogP contribution in [0.2, 0.25) is 0 Å². The SMILES string of the molecule is CC/C=C\C/C=C\C/C=C\C/C=C\C/C=C\CCCCCCCC(=O)OC(COC(=O)CCCCCCCCCCCCCCCCCCCCCCCCCCCCCCCCCCCCCCC)COC(OCC[N+](C)(C)C)C(=O)O. The van der Waals surface area contributed by atoms with Crippen molar-refractivity contribution in [1.29, 1.82) is 0 Å². The predicted molar refractivity (Wildman–Crippen MR) is 355 cm³/mol. The minimum atomic E-state index is -1.52. The third-order valence-corrected chi connectivity index (χ3v) is 15.8. The number of hydrogen-bond donors (Lipinski definition) is 1. The second-order valence-corrected chi connectivity index (χ2v) is 25.2. The van der Waals surface area contributed by atoms with Gasteiger partial charge in [-0.1, -0.05) is 325 Å². The molecule has 0 amide bonds. The summed E-state index contributed by atoms with van der Waals surface area (Å²) in [6.07, 6.45) is 82.2. The maximum Gasteiger partial charge on any atom is 0.361 e. The van der Waals surface area contributed by atoms with E-state index in [1.807, 2.05) is 21.1 Å². The largest absolute Gasteiger partial charge is 0.477 e. The maximum absolute atomic E-state index is 12.9. The molecule has 0 fully saturated rings. The number of ether oxygens (including phenoxy) is 4. The Balaban J connectivity index is 4.00. The Morgan fingerprint density at radius 3 is 1.02 bits per heavy atom. The van der Waals surface area contributed by atoms with Crippen molar-refractivity contribution in [3.63, 3.8) is 0 Å². The summed E-state index contributed by atoms with van der Waals surface area (Å²) in [6, 6.07) is 0. The van der Waals surface area contributed by atoms with Crippen LogP contribution in [0.3, 0.4) is 0 Å². The van der Waals surface area contributed by atoms with E-state index in [0.717, 1.165) is 83.5 Å². The highest BCUT2D eigenvalue weighted by Gasteiger charge is 2.25. The van der Waals surface area contributed by atoms with E-state index in [4.69, 9.17) is 18.9 Å².